The molecule has 0 amide bonds. The predicted octanol–water partition coefficient (Wildman–Crippen LogP) is -1.96. The highest BCUT2D eigenvalue weighted by Gasteiger charge is 2.75. The van der Waals surface area contributed by atoms with Crippen molar-refractivity contribution in [3.63, 3.8) is 0 Å². The molecule has 1 aliphatic rings. The number of Topliss-reactive ketones (excluding diaryl/α,β-unsaturated/α-hetero) is 1. The third-order valence-corrected chi connectivity index (χ3v) is 2.78. The fourth-order valence-electron chi connectivity index (χ4n) is 1.51. The number of rotatable bonds is 3. The molecule has 0 unspecified atom stereocenters. The van der Waals surface area contributed by atoms with E-state index in [1.54, 1.807) is 0 Å². The van der Waals surface area contributed by atoms with Crippen molar-refractivity contribution in [3.8, 4) is 0 Å². The topological polar surface area (TPSA) is 98.0 Å². The van der Waals surface area contributed by atoms with Crippen molar-refractivity contribution in [3.05, 3.63) is 0 Å². The second-order valence-electron chi connectivity index (χ2n) is 3.92. The first-order valence-corrected chi connectivity index (χ1v) is 4.04. The van der Waals surface area contributed by atoms with Crippen molar-refractivity contribution in [1.29, 1.82) is 0 Å². The van der Waals surface area contributed by atoms with Crippen LogP contribution >= 0.6 is 0 Å². The van der Waals surface area contributed by atoms with Gasteiger partial charge in [0.25, 0.3) is 0 Å². The van der Waals surface area contributed by atoms with E-state index in [-0.39, 0.29) is 0 Å². The van der Waals surface area contributed by atoms with E-state index >= 15 is 0 Å². The number of aliphatic hydroxyl groups excluding tert-OH is 3. The summed E-state index contributed by atoms with van der Waals surface area (Å²) in [4.78, 5) is 11.1. The Morgan fingerprint density at radius 1 is 1.38 bits per heavy atom. The van der Waals surface area contributed by atoms with Gasteiger partial charge in [-0.15, -0.1) is 0 Å². The van der Waals surface area contributed by atoms with E-state index in [0.29, 0.717) is 0 Å². The summed E-state index contributed by atoms with van der Waals surface area (Å²) in [5.41, 5.74) is -2.95. The van der Waals surface area contributed by atoms with Gasteiger partial charge in [-0.3, -0.25) is 4.79 Å². The van der Waals surface area contributed by atoms with E-state index < -0.39 is 35.6 Å². The Balaban J connectivity index is 2.80. The summed E-state index contributed by atoms with van der Waals surface area (Å²) in [7, 11) is 0. The van der Waals surface area contributed by atoms with Crippen molar-refractivity contribution in [2.24, 2.45) is 5.41 Å². The lowest BCUT2D eigenvalue weighted by Crippen LogP contribution is -2.44. The normalized spacial score (nSPS) is 35.7. The molecule has 76 valence electrons. The molecule has 0 spiro atoms. The van der Waals surface area contributed by atoms with Gasteiger partial charge in [0.05, 0.1) is 12.0 Å². The second-order valence-corrected chi connectivity index (χ2v) is 3.92. The molecule has 0 heterocycles. The molecular formula is C8H14O5. The first-order valence-electron chi connectivity index (χ1n) is 4.04. The molecule has 1 rings (SSSR count). The molecule has 0 saturated heterocycles. The first-order chi connectivity index (χ1) is 5.80. The van der Waals surface area contributed by atoms with Crippen LogP contribution in [-0.2, 0) is 4.79 Å². The van der Waals surface area contributed by atoms with Gasteiger partial charge in [0.1, 0.15) is 12.2 Å². The number of hydrogen-bond donors (Lipinski definition) is 4. The van der Waals surface area contributed by atoms with Gasteiger partial charge in [0, 0.05) is 0 Å². The molecule has 0 bridgehead atoms. The summed E-state index contributed by atoms with van der Waals surface area (Å²) in [5, 5.41) is 36.5. The molecule has 3 atom stereocenters. The van der Waals surface area contributed by atoms with Crippen LogP contribution in [0.15, 0.2) is 0 Å². The van der Waals surface area contributed by atoms with Gasteiger partial charge in [-0.2, -0.15) is 0 Å². The molecule has 0 radical (unpaired) electrons. The molecule has 1 saturated carbocycles. The quantitative estimate of drug-likeness (QED) is 0.414. The zero-order valence-corrected chi connectivity index (χ0v) is 7.56. The SMILES string of the molecule is CC1(C)C(=O)[C@]1(O)[C@@H](O)[C@H](O)CO. The minimum Gasteiger partial charge on any atom is -0.394 e. The maximum atomic E-state index is 11.1. The highest BCUT2D eigenvalue weighted by Crippen LogP contribution is 2.53. The van der Waals surface area contributed by atoms with Crippen molar-refractivity contribution < 1.29 is 25.2 Å². The summed E-state index contributed by atoms with van der Waals surface area (Å²) < 4.78 is 0. The Labute approximate surface area is 75.6 Å². The average molecular weight is 190 g/mol. The minimum atomic E-state index is -1.91. The molecule has 5 heteroatoms. The number of aliphatic hydroxyl groups is 4. The Morgan fingerprint density at radius 3 is 2.00 bits per heavy atom. The Bertz CT molecular complexity index is 237. The highest BCUT2D eigenvalue weighted by atomic mass is 16.4. The molecule has 13 heavy (non-hydrogen) atoms. The maximum Gasteiger partial charge on any atom is 0.177 e. The Morgan fingerprint density at radius 2 is 1.77 bits per heavy atom. The van der Waals surface area contributed by atoms with Crippen LogP contribution in [0.4, 0.5) is 0 Å². The molecule has 0 aliphatic heterocycles. The lowest BCUT2D eigenvalue weighted by molar-refractivity contribution is -0.129. The van der Waals surface area contributed by atoms with Crippen LogP contribution in [0.5, 0.6) is 0 Å². The zero-order valence-electron chi connectivity index (χ0n) is 7.56. The zero-order chi connectivity index (χ0) is 10.4. The molecule has 4 N–H and O–H groups in total. The number of ketones is 1. The van der Waals surface area contributed by atoms with E-state index in [1.165, 1.54) is 13.8 Å². The van der Waals surface area contributed by atoms with E-state index in [4.69, 9.17) is 10.2 Å². The van der Waals surface area contributed by atoms with Crippen LogP contribution in [0.3, 0.4) is 0 Å². The van der Waals surface area contributed by atoms with Gasteiger partial charge in [-0.25, -0.2) is 0 Å². The highest BCUT2D eigenvalue weighted by molar-refractivity contribution is 6.11. The lowest BCUT2D eigenvalue weighted by atomic mass is 9.98. The lowest BCUT2D eigenvalue weighted by Gasteiger charge is -2.21. The van der Waals surface area contributed by atoms with Crippen molar-refractivity contribution in [2.45, 2.75) is 31.7 Å². The standard InChI is InChI=1S/C8H14O5/c1-7(2)6(12)8(7,13)5(11)4(10)3-9/h4-5,9-11,13H,3H2,1-2H3/t4-,5+,8-/m1/s1. The molecule has 5 nitrogen and oxygen atoms in total. The van der Waals surface area contributed by atoms with E-state index in [0.717, 1.165) is 0 Å². The summed E-state index contributed by atoms with van der Waals surface area (Å²) in [5.74, 6) is -0.514. The fraction of sp³-hybridized carbons (Fsp3) is 0.875. The molecule has 0 aromatic rings. The van der Waals surface area contributed by atoms with Crippen LogP contribution in [0.2, 0.25) is 0 Å². The summed E-state index contributed by atoms with van der Waals surface area (Å²) in [6.45, 7) is 2.26. The molecule has 0 aromatic heterocycles. The fourth-order valence-corrected chi connectivity index (χ4v) is 1.51. The van der Waals surface area contributed by atoms with Crippen LogP contribution in [0.25, 0.3) is 0 Å². The second kappa shape index (κ2) is 2.75. The third-order valence-electron chi connectivity index (χ3n) is 2.78. The summed E-state index contributed by atoms with van der Waals surface area (Å²) >= 11 is 0. The monoisotopic (exact) mass is 190 g/mol. The smallest absolute Gasteiger partial charge is 0.177 e. The van der Waals surface area contributed by atoms with Gasteiger partial charge in [0.15, 0.2) is 11.4 Å². The third kappa shape index (κ3) is 1.12. The number of carbonyl (C=O) groups is 1. The van der Waals surface area contributed by atoms with Gasteiger partial charge in [0.2, 0.25) is 0 Å². The summed E-state index contributed by atoms with van der Waals surface area (Å²) in [6, 6.07) is 0. The number of carbonyl (C=O) groups excluding carboxylic acids is 1. The van der Waals surface area contributed by atoms with Crippen LogP contribution in [0.1, 0.15) is 13.8 Å². The minimum absolute atomic E-state index is 0.514. The molecule has 0 aromatic carbocycles. The van der Waals surface area contributed by atoms with Gasteiger partial charge < -0.3 is 20.4 Å². The van der Waals surface area contributed by atoms with Crippen molar-refractivity contribution in [1.82, 2.24) is 0 Å². The average Bonchev–Trinajstić information content (AvgIpc) is 2.48. The molecular weight excluding hydrogens is 176 g/mol. The van der Waals surface area contributed by atoms with E-state index in [1.807, 2.05) is 0 Å². The Hall–Kier alpha value is -0.490. The Kier molecular flexibility index (Phi) is 2.24. The van der Waals surface area contributed by atoms with Crippen molar-refractivity contribution >= 4 is 5.78 Å². The summed E-state index contributed by atoms with van der Waals surface area (Å²) in [6.07, 6.45) is -3.12. The van der Waals surface area contributed by atoms with Crippen LogP contribution < -0.4 is 0 Å². The van der Waals surface area contributed by atoms with Gasteiger partial charge >= 0.3 is 0 Å². The van der Waals surface area contributed by atoms with E-state index in [2.05, 4.69) is 0 Å². The predicted molar refractivity (Wildman–Crippen MR) is 42.8 cm³/mol. The maximum absolute atomic E-state index is 11.1. The number of hydrogen-bond acceptors (Lipinski definition) is 5. The van der Waals surface area contributed by atoms with E-state index in [9.17, 15) is 15.0 Å². The first kappa shape index (κ1) is 10.6. The van der Waals surface area contributed by atoms with Crippen LogP contribution in [-0.4, -0.2) is 50.6 Å². The largest absolute Gasteiger partial charge is 0.394 e. The van der Waals surface area contributed by atoms with Gasteiger partial charge in [-0.05, 0) is 13.8 Å². The van der Waals surface area contributed by atoms with Gasteiger partial charge in [-0.1, -0.05) is 0 Å². The molecule has 1 aliphatic carbocycles. The van der Waals surface area contributed by atoms with Crippen molar-refractivity contribution in [2.75, 3.05) is 6.61 Å². The van der Waals surface area contributed by atoms with Crippen LogP contribution in [0, 0.1) is 5.41 Å². The molecule has 1 fully saturated rings.